The van der Waals surface area contributed by atoms with Crippen molar-refractivity contribution in [3.8, 4) is 5.88 Å². The second-order valence-corrected chi connectivity index (χ2v) is 3.78. The quantitative estimate of drug-likeness (QED) is 0.586. The Morgan fingerprint density at radius 2 is 2.21 bits per heavy atom. The zero-order valence-corrected chi connectivity index (χ0v) is 10.5. The molecule has 1 aromatic heterocycles. The van der Waals surface area contributed by atoms with Crippen molar-refractivity contribution >= 4 is 12.3 Å². The molecule has 0 bridgehead atoms. The molecule has 0 spiro atoms. The molecular weight excluding hydrogens is 260 g/mol. The molecule has 19 heavy (non-hydrogen) atoms. The maximum Gasteiger partial charge on any atom is 0.344 e. The fraction of sp³-hybridized carbons (Fsp3) is 0.417. The molecular formula is C12H13F2NO4. The normalized spacial score (nSPS) is 10.9. The number of aldehydes is 1. The highest BCUT2D eigenvalue weighted by Crippen LogP contribution is 2.22. The van der Waals surface area contributed by atoms with Gasteiger partial charge >= 0.3 is 5.97 Å². The van der Waals surface area contributed by atoms with Crippen molar-refractivity contribution in [2.45, 2.75) is 19.8 Å². The number of pyridine rings is 1. The van der Waals surface area contributed by atoms with E-state index >= 15 is 0 Å². The Labute approximate surface area is 108 Å². The number of hydrogen-bond donors (Lipinski definition) is 0. The van der Waals surface area contributed by atoms with Crippen LogP contribution in [-0.4, -0.2) is 36.4 Å². The highest BCUT2D eigenvalue weighted by molar-refractivity contribution is 6.00. The molecule has 0 N–H and O–H groups in total. The zero-order chi connectivity index (χ0) is 14.5. The van der Waals surface area contributed by atoms with E-state index in [0.29, 0.717) is 13.2 Å². The molecule has 1 aromatic rings. The summed E-state index contributed by atoms with van der Waals surface area (Å²) in [7, 11) is 0. The molecule has 0 saturated heterocycles. The van der Waals surface area contributed by atoms with Crippen molar-refractivity contribution in [2.24, 2.45) is 0 Å². The summed E-state index contributed by atoms with van der Waals surface area (Å²) in [6.07, 6.45) is 1.60. The lowest BCUT2D eigenvalue weighted by Crippen LogP contribution is -2.23. The van der Waals surface area contributed by atoms with Crippen molar-refractivity contribution in [3.63, 3.8) is 0 Å². The van der Waals surface area contributed by atoms with Crippen LogP contribution >= 0.6 is 0 Å². The van der Waals surface area contributed by atoms with Crippen LogP contribution in [0.5, 0.6) is 5.88 Å². The number of hydrogen-bond acceptors (Lipinski definition) is 5. The van der Waals surface area contributed by atoms with Crippen LogP contribution < -0.4 is 4.74 Å². The summed E-state index contributed by atoms with van der Waals surface area (Å²) in [5.74, 6) is -4.26. The number of alkyl halides is 2. The molecule has 0 unspecified atom stereocenters. The van der Waals surface area contributed by atoms with Gasteiger partial charge in [-0.2, -0.15) is 0 Å². The van der Waals surface area contributed by atoms with Crippen molar-refractivity contribution in [3.05, 3.63) is 23.4 Å². The number of rotatable bonds is 6. The van der Waals surface area contributed by atoms with Crippen LogP contribution in [-0.2, 0) is 4.74 Å². The first kappa shape index (κ1) is 15.0. The van der Waals surface area contributed by atoms with Crippen LogP contribution in [0.25, 0.3) is 0 Å². The van der Waals surface area contributed by atoms with Gasteiger partial charge in [-0.05, 0) is 13.0 Å². The van der Waals surface area contributed by atoms with Gasteiger partial charge in [-0.15, -0.1) is 0 Å². The maximum absolute atomic E-state index is 12.7. The second kappa shape index (κ2) is 6.21. The van der Waals surface area contributed by atoms with Crippen molar-refractivity contribution in [1.29, 1.82) is 0 Å². The Kier molecular flexibility index (Phi) is 4.91. The lowest BCUT2D eigenvalue weighted by molar-refractivity contribution is -0.0247. The standard InChI is InChI=1S/C12H13F2NO4/c1-3-18-11(17)9-8(6-16)4-5-15-10(9)19-7-12(2,13)14/h4-6H,3,7H2,1-2H3. The lowest BCUT2D eigenvalue weighted by Gasteiger charge is -2.14. The second-order valence-electron chi connectivity index (χ2n) is 3.78. The lowest BCUT2D eigenvalue weighted by atomic mass is 10.1. The number of halogens is 2. The third kappa shape index (κ3) is 4.27. The van der Waals surface area contributed by atoms with E-state index in [9.17, 15) is 18.4 Å². The van der Waals surface area contributed by atoms with Crippen LogP contribution in [0.4, 0.5) is 8.78 Å². The highest BCUT2D eigenvalue weighted by Gasteiger charge is 2.26. The molecule has 5 nitrogen and oxygen atoms in total. The van der Waals surface area contributed by atoms with Crippen LogP contribution in [0.1, 0.15) is 34.6 Å². The molecule has 0 atom stereocenters. The van der Waals surface area contributed by atoms with Crippen molar-refractivity contribution < 1.29 is 27.8 Å². The predicted octanol–water partition coefficient (Wildman–Crippen LogP) is 2.10. The summed E-state index contributed by atoms with van der Waals surface area (Å²) >= 11 is 0. The van der Waals surface area contributed by atoms with Gasteiger partial charge in [-0.1, -0.05) is 0 Å². The minimum absolute atomic E-state index is 0.0251. The van der Waals surface area contributed by atoms with Gasteiger partial charge in [-0.25, -0.2) is 18.6 Å². The maximum atomic E-state index is 12.7. The molecule has 104 valence electrons. The number of nitrogens with zero attached hydrogens (tertiary/aromatic N) is 1. The van der Waals surface area contributed by atoms with E-state index in [-0.39, 0.29) is 23.6 Å². The Hall–Kier alpha value is -2.05. The van der Waals surface area contributed by atoms with Crippen LogP contribution in [0, 0.1) is 0 Å². The molecule has 1 rings (SSSR count). The van der Waals surface area contributed by atoms with Gasteiger partial charge in [-0.3, -0.25) is 4.79 Å². The molecule has 7 heteroatoms. The van der Waals surface area contributed by atoms with Crippen LogP contribution in [0.2, 0.25) is 0 Å². The summed E-state index contributed by atoms with van der Waals surface area (Å²) in [5.41, 5.74) is -0.272. The molecule has 0 aromatic carbocycles. The fourth-order valence-corrected chi connectivity index (χ4v) is 1.27. The summed E-state index contributed by atoms with van der Waals surface area (Å²) in [6, 6.07) is 1.27. The Balaban J connectivity index is 3.09. The van der Waals surface area contributed by atoms with Gasteiger partial charge < -0.3 is 9.47 Å². The number of carbonyl (C=O) groups excluding carboxylic acids is 2. The van der Waals surface area contributed by atoms with E-state index in [1.54, 1.807) is 6.92 Å². The molecule has 0 saturated carbocycles. The fourth-order valence-electron chi connectivity index (χ4n) is 1.27. The van der Waals surface area contributed by atoms with E-state index < -0.39 is 18.5 Å². The zero-order valence-electron chi connectivity index (χ0n) is 10.5. The average Bonchev–Trinajstić information content (AvgIpc) is 2.35. The molecule has 0 aliphatic carbocycles. The molecule has 0 aliphatic heterocycles. The molecule has 0 amide bonds. The summed E-state index contributed by atoms with van der Waals surface area (Å²) in [5, 5.41) is 0. The molecule has 0 radical (unpaired) electrons. The molecule has 0 aliphatic rings. The van der Waals surface area contributed by atoms with E-state index in [0.717, 1.165) is 0 Å². The highest BCUT2D eigenvalue weighted by atomic mass is 19.3. The Morgan fingerprint density at radius 1 is 1.53 bits per heavy atom. The average molecular weight is 273 g/mol. The third-order valence-corrected chi connectivity index (χ3v) is 2.02. The molecule has 1 heterocycles. The molecule has 0 fully saturated rings. The number of ether oxygens (including phenoxy) is 2. The minimum atomic E-state index is -3.08. The smallest absolute Gasteiger partial charge is 0.344 e. The number of carbonyl (C=O) groups is 2. The van der Waals surface area contributed by atoms with E-state index in [1.807, 2.05) is 0 Å². The number of esters is 1. The number of aromatic nitrogens is 1. The minimum Gasteiger partial charge on any atom is -0.471 e. The Bertz CT molecular complexity index is 471. The first-order chi connectivity index (χ1) is 8.89. The van der Waals surface area contributed by atoms with Gasteiger partial charge in [0, 0.05) is 18.7 Å². The first-order valence-electron chi connectivity index (χ1n) is 5.51. The predicted molar refractivity (Wildman–Crippen MR) is 61.7 cm³/mol. The van der Waals surface area contributed by atoms with E-state index in [1.165, 1.54) is 12.3 Å². The largest absolute Gasteiger partial charge is 0.471 e. The van der Waals surface area contributed by atoms with Crippen LogP contribution in [0.15, 0.2) is 12.3 Å². The topological polar surface area (TPSA) is 65.5 Å². The summed E-state index contributed by atoms with van der Waals surface area (Å²) in [4.78, 5) is 26.2. The first-order valence-corrected chi connectivity index (χ1v) is 5.51. The van der Waals surface area contributed by atoms with Crippen LogP contribution in [0.3, 0.4) is 0 Å². The van der Waals surface area contributed by atoms with Gasteiger partial charge in [0.05, 0.1) is 6.61 Å². The SMILES string of the molecule is CCOC(=O)c1c(C=O)ccnc1OCC(C)(F)F. The third-order valence-electron chi connectivity index (χ3n) is 2.02. The van der Waals surface area contributed by atoms with E-state index in [4.69, 9.17) is 9.47 Å². The van der Waals surface area contributed by atoms with Gasteiger partial charge in [0.25, 0.3) is 5.92 Å². The van der Waals surface area contributed by atoms with Gasteiger partial charge in [0.2, 0.25) is 5.88 Å². The van der Waals surface area contributed by atoms with Crippen molar-refractivity contribution in [2.75, 3.05) is 13.2 Å². The Morgan fingerprint density at radius 3 is 2.74 bits per heavy atom. The summed E-state index contributed by atoms with van der Waals surface area (Å²) in [6.45, 7) is 1.38. The summed E-state index contributed by atoms with van der Waals surface area (Å²) < 4.78 is 35.0. The van der Waals surface area contributed by atoms with Gasteiger partial charge in [0.15, 0.2) is 12.9 Å². The monoisotopic (exact) mass is 273 g/mol. The van der Waals surface area contributed by atoms with Gasteiger partial charge in [0.1, 0.15) is 5.56 Å². The van der Waals surface area contributed by atoms with E-state index in [2.05, 4.69) is 4.98 Å². The van der Waals surface area contributed by atoms with Crippen molar-refractivity contribution in [1.82, 2.24) is 4.98 Å².